The Labute approximate surface area is 124 Å². The second kappa shape index (κ2) is 5.16. The molecule has 0 aromatic carbocycles. The summed E-state index contributed by atoms with van der Waals surface area (Å²) in [5.41, 5.74) is 0. The molecule has 0 aromatic heterocycles. The number of nitrogens with one attached hydrogen (secondary N) is 1. The van der Waals surface area contributed by atoms with Crippen molar-refractivity contribution < 1.29 is 14.4 Å². The lowest BCUT2D eigenvalue weighted by Gasteiger charge is -2.22. The molecule has 3 rings (SSSR count). The van der Waals surface area contributed by atoms with E-state index in [1.807, 2.05) is 13.8 Å². The van der Waals surface area contributed by atoms with Gasteiger partial charge < -0.3 is 10.2 Å². The molecule has 6 nitrogen and oxygen atoms in total. The van der Waals surface area contributed by atoms with Gasteiger partial charge in [-0.3, -0.25) is 14.5 Å². The number of carbonyl (C=O) groups excluding carboxylic acids is 3. The van der Waals surface area contributed by atoms with E-state index in [-0.39, 0.29) is 48.2 Å². The van der Waals surface area contributed by atoms with Gasteiger partial charge in [-0.15, -0.1) is 0 Å². The number of carbonyl (C=O) groups is 3. The van der Waals surface area contributed by atoms with Gasteiger partial charge in [-0.05, 0) is 32.1 Å². The quantitative estimate of drug-likeness (QED) is 0.615. The van der Waals surface area contributed by atoms with E-state index in [9.17, 15) is 14.4 Å². The van der Waals surface area contributed by atoms with Crippen LogP contribution in [0.25, 0.3) is 0 Å². The van der Waals surface area contributed by atoms with E-state index in [2.05, 4.69) is 17.5 Å². The zero-order chi connectivity index (χ0) is 15.1. The van der Waals surface area contributed by atoms with E-state index in [1.165, 1.54) is 4.90 Å². The first kappa shape index (κ1) is 14.1. The number of allylic oxidation sites excluding steroid dienone is 2. The molecule has 3 aliphatic rings. The maximum Gasteiger partial charge on any atom is 0.318 e. The smallest absolute Gasteiger partial charge is 0.318 e. The van der Waals surface area contributed by atoms with Crippen molar-refractivity contribution in [2.24, 2.45) is 23.7 Å². The molecule has 2 fully saturated rings. The van der Waals surface area contributed by atoms with Crippen molar-refractivity contribution in [1.29, 1.82) is 0 Å². The van der Waals surface area contributed by atoms with Crippen LogP contribution >= 0.6 is 0 Å². The van der Waals surface area contributed by atoms with E-state index < -0.39 is 0 Å². The van der Waals surface area contributed by atoms with Crippen molar-refractivity contribution in [2.75, 3.05) is 19.8 Å². The fourth-order valence-corrected chi connectivity index (χ4v) is 3.89. The molecule has 0 spiro atoms. The molecular formula is C15H21N3O3. The molecule has 6 heteroatoms. The van der Waals surface area contributed by atoms with Crippen LogP contribution in [-0.2, 0) is 9.59 Å². The van der Waals surface area contributed by atoms with Gasteiger partial charge in [0.2, 0.25) is 11.8 Å². The Morgan fingerprint density at radius 1 is 1.19 bits per heavy atom. The molecule has 1 N–H and O–H groups in total. The van der Waals surface area contributed by atoms with Crippen LogP contribution in [0.15, 0.2) is 12.2 Å². The molecule has 4 amide bonds. The van der Waals surface area contributed by atoms with Crippen LogP contribution < -0.4 is 5.32 Å². The third kappa shape index (κ3) is 2.04. The number of urea groups is 1. The first-order valence-corrected chi connectivity index (χ1v) is 7.64. The highest BCUT2D eigenvalue weighted by molar-refractivity contribution is 6.06. The van der Waals surface area contributed by atoms with Crippen LogP contribution in [0.2, 0.25) is 0 Å². The Morgan fingerprint density at radius 2 is 1.71 bits per heavy atom. The molecule has 0 aromatic rings. The Bertz CT molecular complexity index is 482. The lowest BCUT2D eigenvalue weighted by molar-refractivity contribution is -0.140. The Hall–Kier alpha value is -1.85. The summed E-state index contributed by atoms with van der Waals surface area (Å²) in [6.45, 7) is 4.97. The van der Waals surface area contributed by atoms with Gasteiger partial charge in [-0.2, -0.15) is 0 Å². The molecule has 1 heterocycles. The monoisotopic (exact) mass is 291 g/mol. The van der Waals surface area contributed by atoms with Crippen LogP contribution in [0.4, 0.5) is 4.79 Å². The zero-order valence-electron chi connectivity index (χ0n) is 12.4. The molecule has 1 saturated heterocycles. The minimum absolute atomic E-state index is 0.0144. The molecule has 21 heavy (non-hydrogen) atoms. The molecule has 0 radical (unpaired) electrons. The normalized spacial score (nSPS) is 32.8. The lowest BCUT2D eigenvalue weighted by Crippen LogP contribution is -2.47. The number of fused-ring (bicyclic) bond motifs is 5. The molecular weight excluding hydrogens is 270 g/mol. The summed E-state index contributed by atoms with van der Waals surface area (Å²) in [6, 6.07) is -0.237. The van der Waals surface area contributed by atoms with Crippen molar-refractivity contribution in [3.05, 3.63) is 12.2 Å². The van der Waals surface area contributed by atoms with Crippen molar-refractivity contribution in [2.45, 2.75) is 20.3 Å². The van der Waals surface area contributed by atoms with Gasteiger partial charge in [0.15, 0.2) is 0 Å². The molecule has 2 bridgehead atoms. The maximum atomic E-state index is 12.4. The van der Waals surface area contributed by atoms with Crippen molar-refractivity contribution in [3.63, 3.8) is 0 Å². The van der Waals surface area contributed by atoms with E-state index in [1.54, 1.807) is 4.90 Å². The maximum absolute atomic E-state index is 12.4. The predicted octanol–water partition coefficient (Wildman–Crippen LogP) is 0.802. The van der Waals surface area contributed by atoms with Gasteiger partial charge >= 0.3 is 6.03 Å². The molecule has 1 aliphatic heterocycles. The number of likely N-dealkylation sites (tertiary alicyclic amines) is 1. The number of hydrogen-bond donors (Lipinski definition) is 1. The summed E-state index contributed by atoms with van der Waals surface area (Å²) in [7, 11) is 0. The summed E-state index contributed by atoms with van der Waals surface area (Å²) < 4.78 is 0. The number of rotatable bonds is 4. The molecule has 4 atom stereocenters. The van der Waals surface area contributed by atoms with E-state index in [0.29, 0.717) is 13.1 Å². The largest absolute Gasteiger partial charge is 0.325 e. The van der Waals surface area contributed by atoms with Gasteiger partial charge in [0.25, 0.3) is 0 Å². The predicted molar refractivity (Wildman–Crippen MR) is 75.9 cm³/mol. The van der Waals surface area contributed by atoms with Crippen LogP contribution in [0.3, 0.4) is 0 Å². The molecule has 1 saturated carbocycles. The summed E-state index contributed by atoms with van der Waals surface area (Å²) in [5.74, 6) is -0.223. The third-order valence-corrected chi connectivity index (χ3v) is 5.00. The van der Waals surface area contributed by atoms with Crippen LogP contribution in [0.5, 0.6) is 0 Å². The van der Waals surface area contributed by atoms with Gasteiger partial charge in [-0.1, -0.05) is 12.2 Å². The van der Waals surface area contributed by atoms with E-state index >= 15 is 0 Å². The number of nitrogens with zero attached hydrogens (tertiary/aromatic N) is 2. The van der Waals surface area contributed by atoms with Crippen LogP contribution in [0, 0.1) is 23.7 Å². The number of imide groups is 1. The topological polar surface area (TPSA) is 69.7 Å². The summed E-state index contributed by atoms with van der Waals surface area (Å²) in [6.07, 6.45) is 5.05. The first-order valence-electron chi connectivity index (χ1n) is 7.64. The second-order valence-corrected chi connectivity index (χ2v) is 5.92. The van der Waals surface area contributed by atoms with Crippen LogP contribution in [-0.4, -0.2) is 47.4 Å². The first-order chi connectivity index (χ1) is 10.1. The summed E-state index contributed by atoms with van der Waals surface area (Å²) >= 11 is 0. The lowest BCUT2D eigenvalue weighted by atomic mass is 9.85. The van der Waals surface area contributed by atoms with Gasteiger partial charge in [0.1, 0.15) is 6.67 Å². The summed E-state index contributed by atoms with van der Waals surface area (Å²) in [4.78, 5) is 39.6. The number of hydrogen-bond acceptors (Lipinski definition) is 3. The van der Waals surface area contributed by atoms with E-state index in [4.69, 9.17) is 0 Å². The van der Waals surface area contributed by atoms with Gasteiger partial charge in [0, 0.05) is 13.1 Å². The minimum atomic E-state index is -0.237. The van der Waals surface area contributed by atoms with Gasteiger partial charge in [-0.25, -0.2) is 4.79 Å². The third-order valence-electron chi connectivity index (χ3n) is 5.00. The second-order valence-electron chi connectivity index (χ2n) is 5.92. The molecule has 114 valence electrons. The highest BCUT2D eigenvalue weighted by atomic mass is 16.2. The average Bonchev–Trinajstić information content (AvgIpc) is 3.13. The van der Waals surface area contributed by atoms with Crippen molar-refractivity contribution in [1.82, 2.24) is 15.1 Å². The van der Waals surface area contributed by atoms with Gasteiger partial charge in [0.05, 0.1) is 11.8 Å². The average molecular weight is 291 g/mol. The zero-order valence-corrected chi connectivity index (χ0v) is 12.4. The number of amides is 4. The fraction of sp³-hybridized carbons (Fsp3) is 0.667. The summed E-state index contributed by atoms with van der Waals surface area (Å²) in [5, 5.41) is 2.68. The Balaban J connectivity index is 1.64. The van der Waals surface area contributed by atoms with Crippen molar-refractivity contribution in [3.8, 4) is 0 Å². The molecule has 4 unspecified atom stereocenters. The SMILES string of the molecule is CCN(CC)C(=O)NCN1C(=O)C2C3C=CC(C3)C2C1=O. The highest BCUT2D eigenvalue weighted by Gasteiger charge is 2.59. The standard InChI is InChI=1S/C15H21N3O3/c1-3-17(4-2)15(21)16-8-18-13(19)11-9-5-6-10(7-9)12(11)14(18)20/h5-6,9-12H,3-4,7-8H2,1-2H3,(H,16,21). The Kier molecular flexibility index (Phi) is 3.47. The van der Waals surface area contributed by atoms with Crippen molar-refractivity contribution >= 4 is 17.8 Å². The minimum Gasteiger partial charge on any atom is -0.325 e. The fourth-order valence-electron chi connectivity index (χ4n) is 3.89. The van der Waals surface area contributed by atoms with Crippen LogP contribution in [0.1, 0.15) is 20.3 Å². The molecule has 2 aliphatic carbocycles. The van der Waals surface area contributed by atoms with E-state index in [0.717, 1.165) is 6.42 Å². The highest BCUT2D eigenvalue weighted by Crippen LogP contribution is 2.52. The Morgan fingerprint density at radius 3 is 2.19 bits per heavy atom.